The summed E-state index contributed by atoms with van der Waals surface area (Å²) in [5.41, 5.74) is 5.65. The summed E-state index contributed by atoms with van der Waals surface area (Å²) in [5, 5.41) is 15.3. The van der Waals surface area contributed by atoms with Crippen molar-refractivity contribution < 1.29 is 119 Å². The maximum absolute atomic E-state index is 15.5. The summed E-state index contributed by atoms with van der Waals surface area (Å²) in [6.45, 7) is 21.4. The third-order valence-corrected chi connectivity index (χ3v) is 20.1. The van der Waals surface area contributed by atoms with Gasteiger partial charge in [0.15, 0.2) is 24.0 Å². The van der Waals surface area contributed by atoms with Crippen LogP contribution in [0.3, 0.4) is 0 Å². The smallest absolute Gasteiger partial charge is 0.459 e. The maximum atomic E-state index is 15.5. The molecule has 0 radical (unpaired) electrons. The van der Waals surface area contributed by atoms with Crippen LogP contribution in [-0.2, 0) is 122 Å². The van der Waals surface area contributed by atoms with E-state index in [-0.39, 0.29) is 87.9 Å². The van der Waals surface area contributed by atoms with E-state index < -0.39 is 212 Å². The van der Waals surface area contributed by atoms with Crippen LogP contribution in [0.4, 0.5) is 10.5 Å². The predicted octanol–water partition coefficient (Wildman–Crippen LogP) is 2.69. The molecule has 2 aliphatic rings. The summed E-state index contributed by atoms with van der Waals surface area (Å²) >= 11 is 0. The number of likely N-dealkylation sites (N-methyl/N-ethyl adjacent to an activating group) is 3. The fourth-order valence-corrected chi connectivity index (χ4v) is 13.4. The second-order valence-electron chi connectivity index (χ2n) is 29.3. The van der Waals surface area contributed by atoms with Gasteiger partial charge in [-0.05, 0) is 88.5 Å². The van der Waals surface area contributed by atoms with E-state index in [0.29, 0.717) is 5.56 Å². The molecule has 4 rings (SSSR count). The van der Waals surface area contributed by atoms with Gasteiger partial charge in [-0.15, -0.1) is 0 Å². The van der Waals surface area contributed by atoms with Crippen molar-refractivity contribution in [2.24, 2.45) is 41.2 Å². The molecule has 15 atom stereocenters. The molecule has 2 heterocycles. The number of amides is 12. The summed E-state index contributed by atoms with van der Waals surface area (Å²) in [7, 11) is -0.640. The molecule has 2 fully saturated rings. The van der Waals surface area contributed by atoms with Crippen LogP contribution >= 0.6 is 7.82 Å². The predicted molar refractivity (Wildman–Crippen MR) is 405 cm³/mol. The number of ether oxygens (including phenoxy) is 5. The van der Waals surface area contributed by atoms with Crippen molar-refractivity contribution >= 4 is 108 Å². The average Bonchev–Trinajstić information content (AvgIpc) is 1.52. The molecular formula is C76H112N11O25P. The Kier molecular flexibility index (Phi) is 37.6. The lowest BCUT2D eigenvalue weighted by atomic mass is 9.89. The molecule has 0 aromatic heterocycles. The number of carbonyl (C=O) groups excluding carboxylic acids is 16. The highest BCUT2D eigenvalue weighted by Crippen LogP contribution is 2.48. The first-order chi connectivity index (χ1) is 52.8. The largest absolute Gasteiger partial charge is 0.472 e. The molecule has 36 nitrogen and oxygen atoms in total. The zero-order valence-corrected chi connectivity index (χ0v) is 68.2. The second-order valence-corrected chi connectivity index (χ2v) is 30.7. The Morgan fingerprint density at radius 3 is 1.96 bits per heavy atom. The number of likely N-dealkylation sites (tertiary alicyclic amines) is 1. The molecule has 2 aromatic carbocycles. The number of anilines is 1. The Hall–Kier alpha value is -9.87. The number of phosphoric ester groups is 1. The Morgan fingerprint density at radius 2 is 1.40 bits per heavy atom. The number of nitrogens with one attached hydrogen (secondary N) is 6. The summed E-state index contributed by atoms with van der Waals surface area (Å²) in [6.07, 6.45) is -9.29. The number of nitrogens with two attached hydrogens (primary N) is 1. The molecule has 2 saturated heterocycles. The molecule has 626 valence electrons. The highest BCUT2D eigenvalue weighted by Gasteiger charge is 2.48. The number of methoxy groups -OCH3 is 1. The monoisotopic (exact) mass is 1610 g/mol. The minimum Gasteiger partial charge on any atom is -0.459 e. The van der Waals surface area contributed by atoms with Gasteiger partial charge in [-0.2, -0.15) is 0 Å². The fraction of sp³-hybridized carbons (Fsp3) is 0.605. The number of Topliss-reactive ketones (excluding diaryl/α,β-unsaturated/α-hetero) is 2. The summed E-state index contributed by atoms with van der Waals surface area (Å²) in [6, 6.07) is 3.39. The van der Waals surface area contributed by atoms with Crippen molar-refractivity contribution in [3.05, 3.63) is 78.0 Å². The van der Waals surface area contributed by atoms with Crippen molar-refractivity contribution in [3.63, 3.8) is 0 Å². The molecule has 0 saturated carbocycles. The van der Waals surface area contributed by atoms with Crippen molar-refractivity contribution in [1.82, 2.24) is 46.2 Å². The van der Waals surface area contributed by atoms with Gasteiger partial charge in [0.1, 0.15) is 41.8 Å². The zero-order valence-electron chi connectivity index (χ0n) is 67.3. The minimum absolute atomic E-state index is 0.000580. The van der Waals surface area contributed by atoms with Crippen LogP contribution in [0.25, 0.3) is 0 Å². The molecule has 2 aliphatic heterocycles. The summed E-state index contributed by atoms with van der Waals surface area (Å²) in [4.78, 5) is 235. The number of nitrogens with zero attached hydrogens (tertiary/aromatic N) is 4. The molecular weight excluding hydrogens is 1500 g/mol. The number of ketones is 2. The van der Waals surface area contributed by atoms with Gasteiger partial charge in [-0.1, -0.05) is 97.5 Å². The van der Waals surface area contributed by atoms with Crippen LogP contribution < -0.4 is 37.6 Å². The second kappa shape index (κ2) is 44.5. The molecule has 12 amide bonds. The SMILES string of the molecule is C=C1C(=O)N[C@@H](C)C(=O)N(C)[C@@H](C)C(=O)N[C@@H]([C@H](OC(=O)[C@@H](CC(C)=O)[C@H](OP(=O)(O)OCc2ccc(NC(=O)[C@H](CCCNC(N)=O)CC(=O)[C@@H](NC(=O)CCOCCN3C(=O)CC(C)C3=O)C(C)C)cc2)C(C)C)C(C)C)C(=O)N(C)[C@@H]([C@@H](C)OC)C(=O)O[C@H](C)[C@H](NC(C)=O)C(=O)O[C@H](Cc2ccccc2)C(=O)N1C. The number of primary amides is 1. The van der Waals surface area contributed by atoms with Crippen molar-refractivity contribution in [2.75, 3.05) is 59.9 Å². The van der Waals surface area contributed by atoms with Gasteiger partial charge in [0, 0.05) is 91.3 Å². The Balaban J connectivity index is 1.64. The topological polar surface area (TPSA) is 486 Å². The minimum atomic E-state index is -5.29. The molecule has 0 bridgehead atoms. The van der Waals surface area contributed by atoms with Crippen LogP contribution in [0, 0.1) is 35.5 Å². The van der Waals surface area contributed by atoms with Crippen LogP contribution in [0.2, 0.25) is 0 Å². The van der Waals surface area contributed by atoms with E-state index in [1.54, 1.807) is 51.1 Å². The van der Waals surface area contributed by atoms with E-state index in [2.05, 4.69) is 38.5 Å². The maximum Gasteiger partial charge on any atom is 0.472 e. The van der Waals surface area contributed by atoms with E-state index in [1.807, 2.05) is 0 Å². The number of benzene rings is 2. The lowest BCUT2D eigenvalue weighted by Crippen LogP contribution is -2.63. The van der Waals surface area contributed by atoms with Crippen molar-refractivity contribution in [3.8, 4) is 0 Å². The first kappa shape index (κ1) is 95.5. The van der Waals surface area contributed by atoms with Gasteiger partial charge in [-0.3, -0.25) is 71.5 Å². The quantitative estimate of drug-likeness (QED) is 0.0123. The van der Waals surface area contributed by atoms with Gasteiger partial charge in [-0.25, -0.2) is 18.9 Å². The summed E-state index contributed by atoms with van der Waals surface area (Å²) < 4.78 is 54.2. The van der Waals surface area contributed by atoms with E-state index in [9.17, 15) is 76.6 Å². The normalized spacial score (nSPS) is 22.3. The average molecular weight is 1610 g/mol. The number of imide groups is 1. The van der Waals surface area contributed by atoms with Crippen molar-refractivity contribution in [1.29, 1.82) is 0 Å². The number of phosphoric acid groups is 1. The molecule has 9 N–H and O–H groups in total. The highest BCUT2D eigenvalue weighted by molar-refractivity contribution is 7.47. The van der Waals surface area contributed by atoms with E-state index in [4.69, 9.17) is 38.5 Å². The number of hydrogen-bond donors (Lipinski definition) is 8. The Bertz CT molecular complexity index is 3800. The lowest BCUT2D eigenvalue weighted by Gasteiger charge is -2.38. The molecule has 2 unspecified atom stereocenters. The van der Waals surface area contributed by atoms with Crippen LogP contribution in [0.5, 0.6) is 0 Å². The van der Waals surface area contributed by atoms with Gasteiger partial charge in [0.2, 0.25) is 47.3 Å². The van der Waals surface area contributed by atoms with Gasteiger partial charge < -0.3 is 85.7 Å². The Morgan fingerprint density at radius 1 is 0.761 bits per heavy atom. The first-order valence-electron chi connectivity index (χ1n) is 37.2. The van der Waals surface area contributed by atoms with Gasteiger partial charge in [0.05, 0.1) is 50.5 Å². The number of hydrogen-bond acceptors (Lipinski definition) is 24. The lowest BCUT2D eigenvalue weighted by molar-refractivity contribution is -0.174. The van der Waals surface area contributed by atoms with Crippen LogP contribution in [0.15, 0.2) is 66.9 Å². The molecule has 2 aromatic rings. The third-order valence-electron chi connectivity index (χ3n) is 19.1. The van der Waals surface area contributed by atoms with Crippen LogP contribution in [-0.4, -0.2) is 240 Å². The number of esters is 3. The number of carbonyl (C=O) groups is 16. The molecule has 0 aliphatic carbocycles. The third kappa shape index (κ3) is 28.9. The first-order valence-corrected chi connectivity index (χ1v) is 38.7. The molecule has 0 spiro atoms. The Labute approximate surface area is 658 Å². The standard InChI is InChI=1S/C76H112N11O25P/c1-40(2)60(82-58(91)30-33-107-34-32-87-59(92)35-43(7)69(87)96)56(90)38-53(25-22-31-78-76(77)103)68(95)81-54-28-26-52(27-29-54)39-108-113(104,105)112-64(41(3)4)55(36-44(8)88)73(100)111-65(42(5)6)62-72(99)86(17)63(49(13)106-18)75(102)109-48(12)61(80-50(14)89)74(101)110-57(37-51-23-20-19-21-24-51)71(98)85(16)46(10)66(93)79-45(9)70(97)84(15)47(11)67(94)83-62/h19-21,23-24,26-29,40-43,45,47-49,53,55,57,60-65H,10,22,25,30-39H2,1-9,11-18H3,(H,79,93)(H,80,89)(H,81,95)(H,82,91)(H,83,94)(H,104,105)(H3,77,78,103)/t43?,45-,47-,48+,49+,53+,55-,57+,60-,61-,62-,63-,64+,65+/m0/s1. The van der Waals surface area contributed by atoms with E-state index in [0.717, 1.165) is 47.5 Å². The fourth-order valence-electron chi connectivity index (χ4n) is 12.4. The summed E-state index contributed by atoms with van der Waals surface area (Å²) in [5.74, 6) is -18.3. The van der Waals surface area contributed by atoms with Gasteiger partial charge in [0.25, 0.3) is 11.8 Å². The van der Waals surface area contributed by atoms with E-state index >= 15 is 9.59 Å². The van der Waals surface area contributed by atoms with Gasteiger partial charge >= 0.3 is 31.8 Å². The number of urea groups is 1. The zero-order chi connectivity index (χ0) is 85.2. The molecule has 37 heteroatoms. The van der Waals surface area contributed by atoms with Crippen LogP contribution in [0.1, 0.15) is 140 Å². The molecule has 113 heavy (non-hydrogen) atoms. The van der Waals surface area contributed by atoms with E-state index in [1.165, 1.54) is 93.8 Å². The number of rotatable bonds is 35. The van der Waals surface area contributed by atoms with Crippen molar-refractivity contribution in [2.45, 2.75) is 208 Å². The number of cyclic esters (lactones) is 2. The highest BCUT2D eigenvalue weighted by atomic mass is 31.2.